The van der Waals surface area contributed by atoms with Gasteiger partial charge in [0.25, 0.3) is 10.0 Å². The molecule has 0 bridgehead atoms. The third-order valence-corrected chi connectivity index (χ3v) is 6.36. The smallest absolute Gasteiger partial charge is 0.259 e. The standard InChI is InChI=1S/C19H27N3O4S/c1-13(2)18-21-17(11-22(18)3)27(24,25)20-12-19(23)9-5-6-14-10-15(26-4)7-8-16(14)19/h7-8,10-11,13,20,23H,5-6,9,12H2,1-4H3/t19-/m0/s1. The normalized spacial score (nSPS) is 19.9. The summed E-state index contributed by atoms with van der Waals surface area (Å²) in [6.45, 7) is 3.83. The van der Waals surface area contributed by atoms with Crippen LogP contribution < -0.4 is 9.46 Å². The summed E-state index contributed by atoms with van der Waals surface area (Å²) < 4.78 is 34.9. The topological polar surface area (TPSA) is 93.5 Å². The average molecular weight is 394 g/mol. The van der Waals surface area contributed by atoms with Gasteiger partial charge < -0.3 is 14.4 Å². The molecule has 0 saturated heterocycles. The van der Waals surface area contributed by atoms with Gasteiger partial charge in [-0.15, -0.1) is 0 Å². The number of benzene rings is 1. The van der Waals surface area contributed by atoms with Crippen molar-refractivity contribution < 1.29 is 18.3 Å². The van der Waals surface area contributed by atoms with E-state index in [4.69, 9.17) is 4.74 Å². The molecule has 1 atom stereocenters. The molecule has 1 aromatic heterocycles. The van der Waals surface area contributed by atoms with Crippen molar-refractivity contribution in [3.8, 4) is 5.75 Å². The minimum absolute atomic E-state index is 0.0249. The maximum atomic E-state index is 12.7. The van der Waals surface area contributed by atoms with Gasteiger partial charge in [-0.2, -0.15) is 0 Å². The van der Waals surface area contributed by atoms with E-state index in [2.05, 4.69) is 9.71 Å². The molecule has 27 heavy (non-hydrogen) atoms. The molecular formula is C19H27N3O4S. The highest BCUT2D eigenvalue weighted by molar-refractivity contribution is 7.89. The van der Waals surface area contributed by atoms with Gasteiger partial charge in [0.1, 0.15) is 17.2 Å². The van der Waals surface area contributed by atoms with Crippen LogP contribution in [0.3, 0.4) is 0 Å². The van der Waals surface area contributed by atoms with E-state index in [0.29, 0.717) is 12.2 Å². The van der Waals surface area contributed by atoms with E-state index in [9.17, 15) is 13.5 Å². The van der Waals surface area contributed by atoms with Crippen LogP contribution in [0.4, 0.5) is 0 Å². The number of nitrogens with one attached hydrogen (secondary N) is 1. The molecule has 1 aliphatic rings. The monoisotopic (exact) mass is 393 g/mol. The van der Waals surface area contributed by atoms with E-state index in [1.165, 1.54) is 6.20 Å². The summed E-state index contributed by atoms with van der Waals surface area (Å²) >= 11 is 0. The number of aliphatic hydroxyl groups is 1. The number of hydrogen-bond donors (Lipinski definition) is 2. The maximum Gasteiger partial charge on any atom is 0.259 e. The Morgan fingerprint density at radius 1 is 1.41 bits per heavy atom. The van der Waals surface area contributed by atoms with Crippen molar-refractivity contribution in [3.05, 3.63) is 41.3 Å². The van der Waals surface area contributed by atoms with Gasteiger partial charge in [0.15, 0.2) is 5.03 Å². The molecule has 2 N–H and O–H groups in total. The highest BCUT2D eigenvalue weighted by Gasteiger charge is 2.36. The number of ether oxygens (including phenoxy) is 1. The lowest BCUT2D eigenvalue weighted by atomic mass is 9.79. The number of hydrogen-bond acceptors (Lipinski definition) is 5. The zero-order valence-corrected chi connectivity index (χ0v) is 17.0. The zero-order valence-electron chi connectivity index (χ0n) is 16.2. The molecule has 2 aromatic rings. The summed E-state index contributed by atoms with van der Waals surface area (Å²) in [7, 11) is -0.437. The quantitative estimate of drug-likeness (QED) is 0.783. The number of nitrogens with zero attached hydrogens (tertiary/aromatic N) is 2. The van der Waals surface area contributed by atoms with Crippen LogP contribution in [0.2, 0.25) is 0 Å². The number of fused-ring (bicyclic) bond motifs is 1. The fraction of sp³-hybridized carbons (Fsp3) is 0.526. The highest BCUT2D eigenvalue weighted by atomic mass is 32.2. The number of aryl methyl sites for hydroxylation is 2. The molecule has 0 aliphatic heterocycles. The largest absolute Gasteiger partial charge is 0.497 e. The Labute approximate surface area is 160 Å². The summed E-state index contributed by atoms with van der Waals surface area (Å²) in [5.41, 5.74) is 0.492. The first-order valence-electron chi connectivity index (χ1n) is 9.09. The molecule has 0 fully saturated rings. The Morgan fingerprint density at radius 3 is 2.78 bits per heavy atom. The molecule has 0 radical (unpaired) electrons. The van der Waals surface area contributed by atoms with Crippen LogP contribution in [0.25, 0.3) is 0 Å². The molecule has 3 rings (SSSR count). The summed E-state index contributed by atoms with van der Waals surface area (Å²) in [5.74, 6) is 1.54. The lowest BCUT2D eigenvalue weighted by molar-refractivity contribution is 0.0242. The fourth-order valence-electron chi connectivity index (χ4n) is 3.65. The molecular weight excluding hydrogens is 366 g/mol. The number of imidazole rings is 1. The van der Waals surface area contributed by atoms with E-state index < -0.39 is 15.6 Å². The van der Waals surface area contributed by atoms with Crippen molar-refractivity contribution in [2.75, 3.05) is 13.7 Å². The van der Waals surface area contributed by atoms with E-state index in [-0.39, 0.29) is 17.5 Å². The SMILES string of the molecule is COc1ccc2c(c1)CCC[C@]2(O)CNS(=O)(=O)c1cn(C)c(C(C)C)n1. The predicted octanol–water partition coefficient (Wildman–Crippen LogP) is 2.05. The first kappa shape index (κ1) is 19.9. The van der Waals surface area contributed by atoms with Crippen LogP contribution in [0, 0.1) is 0 Å². The molecule has 148 valence electrons. The van der Waals surface area contributed by atoms with Crippen LogP contribution in [-0.2, 0) is 29.1 Å². The van der Waals surface area contributed by atoms with Crippen LogP contribution in [0.1, 0.15) is 49.6 Å². The summed E-state index contributed by atoms with van der Waals surface area (Å²) in [4.78, 5) is 4.25. The Hall–Kier alpha value is -1.90. The Kier molecular flexibility index (Phi) is 5.33. The number of sulfonamides is 1. The van der Waals surface area contributed by atoms with Gasteiger partial charge in [-0.3, -0.25) is 0 Å². The summed E-state index contributed by atoms with van der Waals surface area (Å²) in [6.07, 6.45) is 3.61. The first-order valence-corrected chi connectivity index (χ1v) is 10.6. The van der Waals surface area contributed by atoms with Crippen molar-refractivity contribution in [1.29, 1.82) is 0 Å². The second kappa shape index (κ2) is 7.26. The molecule has 0 spiro atoms. The van der Waals surface area contributed by atoms with Gasteiger partial charge in [-0.25, -0.2) is 18.1 Å². The second-order valence-corrected chi connectivity index (χ2v) is 9.15. The third-order valence-electron chi connectivity index (χ3n) is 5.09. The van der Waals surface area contributed by atoms with Crippen molar-refractivity contribution in [2.45, 2.75) is 49.7 Å². The van der Waals surface area contributed by atoms with E-state index >= 15 is 0 Å². The van der Waals surface area contributed by atoms with Gasteiger partial charge in [0.2, 0.25) is 0 Å². The lowest BCUT2D eigenvalue weighted by Gasteiger charge is -2.34. The summed E-state index contributed by atoms with van der Waals surface area (Å²) in [6, 6.07) is 5.51. The molecule has 0 amide bonds. The van der Waals surface area contributed by atoms with Gasteiger partial charge >= 0.3 is 0 Å². The van der Waals surface area contributed by atoms with Crippen LogP contribution in [0.5, 0.6) is 5.75 Å². The van der Waals surface area contributed by atoms with E-state index in [1.807, 2.05) is 26.0 Å². The maximum absolute atomic E-state index is 12.7. The fourth-order valence-corrected chi connectivity index (χ4v) is 4.74. The molecule has 7 nitrogen and oxygen atoms in total. The van der Waals surface area contributed by atoms with Gasteiger partial charge in [0, 0.05) is 25.7 Å². The Balaban J connectivity index is 1.83. The van der Waals surface area contributed by atoms with Crippen molar-refractivity contribution in [1.82, 2.24) is 14.3 Å². The van der Waals surface area contributed by atoms with Crippen molar-refractivity contribution in [3.63, 3.8) is 0 Å². The second-order valence-electron chi connectivity index (χ2n) is 7.44. The van der Waals surface area contributed by atoms with E-state index in [0.717, 1.165) is 29.7 Å². The molecule has 8 heteroatoms. The molecule has 1 heterocycles. The Bertz CT molecular complexity index is 936. The third kappa shape index (κ3) is 3.88. The van der Waals surface area contributed by atoms with Gasteiger partial charge in [-0.1, -0.05) is 19.9 Å². The molecule has 1 aromatic carbocycles. The zero-order chi connectivity index (χ0) is 19.8. The minimum atomic E-state index is -3.81. The molecule has 1 aliphatic carbocycles. The average Bonchev–Trinajstić information content (AvgIpc) is 3.03. The molecule has 0 unspecified atom stereocenters. The minimum Gasteiger partial charge on any atom is -0.497 e. The predicted molar refractivity (Wildman–Crippen MR) is 102 cm³/mol. The van der Waals surface area contributed by atoms with Crippen LogP contribution in [-0.4, -0.2) is 36.7 Å². The number of aromatic nitrogens is 2. The highest BCUT2D eigenvalue weighted by Crippen LogP contribution is 2.36. The van der Waals surface area contributed by atoms with Gasteiger partial charge in [0.05, 0.1) is 7.11 Å². The number of methoxy groups -OCH3 is 1. The molecule has 0 saturated carbocycles. The first-order chi connectivity index (χ1) is 12.7. The van der Waals surface area contributed by atoms with Crippen molar-refractivity contribution in [2.24, 2.45) is 7.05 Å². The van der Waals surface area contributed by atoms with Crippen LogP contribution >= 0.6 is 0 Å². The number of rotatable bonds is 6. The summed E-state index contributed by atoms with van der Waals surface area (Å²) in [5, 5.41) is 11.1. The van der Waals surface area contributed by atoms with Gasteiger partial charge in [-0.05, 0) is 42.5 Å². The van der Waals surface area contributed by atoms with E-state index in [1.54, 1.807) is 24.8 Å². The lowest BCUT2D eigenvalue weighted by Crippen LogP contribution is -2.43. The van der Waals surface area contributed by atoms with Crippen molar-refractivity contribution >= 4 is 10.0 Å². The van der Waals surface area contributed by atoms with Crippen LogP contribution in [0.15, 0.2) is 29.4 Å². The Morgan fingerprint density at radius 2 is 2.15 bits per heavy atom.